The van der Waals surface area contributed by atoms with E-state index in [1.807, 2.05) is 34.0 Å². The second-order valence-electron chi connectivity index (χ2n) is 11.4. The van der Waals surface area contributed by atoms with Gasteiger partial charge < -0.3 is 7.43 Å². The Balaban J connectivity index is 0.000000165. The number of benzene rings is 5. The van der Waals surface area contributed by atoms with Gasteiger partial charge in [0.1, 0.15) is 0 Å². The first kappa shape index (κ1) is 36.5. The second-order valence-corrected chi connectivity index (χ2v) is 19.5. The van der Waals surface area contributed by atoms with Gasteiger partial charge in [-0.05, 0) is 24.0 Å². The van der Waals surface area contributed by atoms with Crippen LogP contribution < -0.4 is 0 Å². The van der Waals surface area contributed by atoms with Gasteiger partial charge in [0.05, 0.1) is 0 Å². The molecule has 0 aromatic heterocycles. The van der Waals surface area contributed by atoms with Gasteiger partial charge in [0.25, 0.3) is 0 Å². The van der Waals surface area contributed by atoms with Crippen molar-refractivity contribution in [2.45, 2.75) is 39.5 Å². The molecule has 0 aliphatic heterocycles. The van der Waals surface area contributed by atoms with Crippen molar-refractivity contribution in [1.82, 2.24) is 0 Å². The molecular weight excluding hydrogens is 691 g/mol. The second kappa shape index (κ2) is 18.9. The molecule has 0 N–H and O–H groups in total. The number of aryl methyl sites for hydroxylation is 2. The van der Waals surface area contributed by atoms with E-state index in [2.05, 4.69) is 135 Å². The maximum atomic E-state index is 5.72. The molecule has 0 fully saturated rings. The van der Waals surface area contributed by atoms with Gasteiger partial charge in [-0.15, -0.1) is 69.1 Å². The Kier molecular flexibility index (Phi) is 14.6. The maximum absolute atomic E-state index is 5.72. The Labute approximate surface area is 296 Å². The van der Waals surface area contributed by atoms with Crippen molar-refractivity contribution in [3.8, 4) is 22.3 Å². The van der Waals surface area contributed by atoms with E-state index in [-0.39, 0.29) is 7.43 Å². The number of rotatable bonds is 7. The standard InChI is InChI=1S/2C18H17.C7H6.CH3.2ClH.Zr/c2*1-2-7-14-12-16-10-6-11-17(18(16)13-14)15-8-4-3-5-9-15;1-7-5-3-2-4-6-7;;;;/h2*3-6,8-13H,2,7H2,1H3;1-6H;1H3;2*1H;/q2*-1;;-1;;;+2/p-2. The fourth-order valence-electron chi connectivity index (χ4n) is 5.87. The molecule has 0 spiro atoms. The van der Waals surface area contributed by atoms with Crippen LogP contribution >= 0.6 is 17.0 Å². The number of hydrogen-bond donors (Lipinski definition) is 0. The molecule has 0 bridgehead atoms. The van der Waals surface area contributed by atoms with Crippen LogP contribution in [0.1, 0.15) is 43.4 Å². The number of halogens is 2. The quantitative estimate of drug-likeness (QED) is 0.143. The SMILES string of the molecule is CCCc1cc2c(-c3ccccc3)cccc2[cH-]1.CCCc1cc2c(-c3ccccc3)cccc2[cH-]1.[CH3-].[Cl][Zr]([Cl])=[CH]c1ccccc1. The van der Waals surface area contributed by atoms with E-state index in [4.69, 9.17) is 17.0 Å². The summed E-state index contributed by atoms with van der Waals surface area (Å²) in [7, 11) is 11.4. The molecule has 0 nitrogen and oxygen atoms in total. The zero-order valence-electron chi connectivity index (χ0n) is 27.6. The van der Waals surface area contributed by atoms with Gasteiger partial charge in [0, 0.05) is 0 Å². The summed E-state index contributed by atoms with van der Waals surface area (Å²) in [5.41, 5.74) is 9.34. The summed E-state index contributed by atoms with van der Waals surface area (Å²) < 4.78 is 1.98. The third-order valence-electron chi connectivity index (χ3n) is 7.94. The van der Waals surface area contributed by atoms with Gasteiger partial charge in [-0.1, -0.05) is 111 Å². The van der Waals surface area contributed by atoms with Crippen molar-refractivity contribution in [1.29, 1.82) is 0 Å². The molecule has 0 unspecified atom stereocenters. The van der Waals surface area contributed by atoms with Gasteiger partial charge in [-0.2, -0.15) is 12.1 Å². The normalized spacial score (nSPS) is 10.3. The molecule has 0 saturated heterocycles. The topological polar surface area (TPSA) is 0 Å². The molecule has 0 radical (unpaired) electrons. The van der Waals surface area contributed by atoms with Crippen molar-refractivity contribution in [2.75, 3.05) is 0 Å². The zero-order valence-corrected chi connectivity index (χ0v) is 31.6. The summed E-state index contributed by atoms with van der Waals surface area (Å²) in [5.74, 6) is 0. The molecule has 240 valence electrons. The van der Waals surface area contributed by atoms with Crippen LogP contribution in [0.25, 0.3) is 43.8 Å². The third kappa shape index (κ3) is 10.3. The molecule has 0 aliphatic carbocycles. The molecule has 7 aromatic carbocycles. The van der Waals surface area contributed by atoms with Gasteiger partial charge in [-0.3, -0.25) is 0 Å². The summed E-state index contributed by atoms with van der Waals surface area (Å²) in [6, 6.07) is 53.7. The van der Waals surface area contributed by atoms with Crippen molar-refractivity contribution >= 4 is 42.3 Å². The van der Waals surface area contributed by atoms with E-state index in [9.17, 15) is 0 Å². The molecular formula is C44H43Cl2Zr-3. The minimum atomic E-state index is -2.06. The fraction of sp³-hybridized carbons (Fsp3) is 0.136. The van der Waals surface area contributed by atoms with Gasteiger partial charge >= 0.3 is 75.5 Å². The van der Waals surface area contributed by atoms with Crippen molar-refractivity contribution in [3.05, 3.63) is 176 Å². The van der Waals surface area contributed by atoms with E-state index < -0.39 is 18.9 Å². The minimum absolute atomic E-state index is 0. The number of hydrogen-bond acceptors (Lipinski definition) is 0. The molecule has 0 amide bonds. The Bertz CT molecular complexity index is 1840. The molecule has 3 heteroatoms. The fourth-order valence-corrected chi connectivity index (χ4v) is 8.46. The van der Waals surface area contributed by atoms with Crippen molar-refractivity contribution in [3.63, 3.8) is 0 Å². The Morgan fingerprint density at radius 3 is 1.32 bits per heavy atom. The van der Waals surface area contributed by atoms with Gasteiger partial charge in [-0.25, -0.2) is 0 Å². The molecule has 0 heterocycles. The van der Waals surface area contributed by atoms with E-state index in [0.717, 1.165) is 5.56 Å². The van der Waals surface area contributed by atoms with Crippen LogP contribution in [-0.4, -0.2) is 3.71 Å². The predicted octanol–water partition coefficient (Wildman–Crippen LogP) is 13.6. The summed E-state index contributed by atoms with van der Waals surface area (Å²) in [6.07, 6.45) is 4.75. The molecule has 47 heavy (non-hydrogen) atoms. The zero-order chi connectivity index (χ0) is 32.1. The first-order valence-electron chi connectivity index (χ1n) is 16.1. The predicted molar refractivity (Wildman–Crippen MR) is 208 cm³/mol. The Morgan fingerprint density at radius 1 is 0.532 bits per heavy atom. The van der Waals surface area contributed by atoms with Crippen molar-refractivity contribution in [2.24, 2.45) is 0 Å². The van der Waals surface area contributed by atoms with Crippen LogP contribution in [0.3, 0.4) is 0 Å². The molecule has 7 aromatic rings. The van der Waals surface area contributed by atoms with Gasteiger partial charge in [0.15, 0.2) is 0 Å². The van der Waals surface area contributed by atoms with E-state index in [1.165, 1.54) is 80.6 Å². The molecule has 0 aliphatic rings. The van der Waals surface area contributed by atoms with Crippen LogP contribution in [0.15, 0.2) is 152 Å². The van der Waals surface area contributed by atoms with E-state index in [1.54, 1.807) is 0 Å². The number of fused-ring (bicyclic) bond motifs is 2. The Morgan fingerprint density at radius 2 is 0.936 bits per heavy atom. The molecule has 0 saturated carbocycles. The van der Waals surface area contributed by atoms with E-state index >= 15 is 0 Å². The summed E-state index contributed by atoms with van der Waals surface area (Å²) in [4.78, 5) is 0. The average Bonchev–Trinajstić information content (AvgIpc) is 3.70. The van der Waals surface area contributed by atoms with E-state index in [0.29, 0.717) is 0 Å². The summed E-state index contributed by atoms with van der Waals surface area (Å²) in [5, 5.41) is 5.49. The Hall–Kier alpha value is -3.35. The van der Waals surface area contributed by atoms with Crippen LogP contribution in [0, 0.1) is 7.43 Å². The molecule has 7 rings (SSSR count). The molecule has 0 atom stereocenters. The van der Waals surface area contributed by atoms with Crippen molar-refractivity contribution < 1.29 is 18.9 Å². The monoisotopic (exact) mass is 731 g/mol. The van der Waals surface area contributed by atoms with Crippen LogP contribution in [-0.2, 0) is 31.7 Å². The van der Waals surface area contributed by atoms with Crippen LogP contribution in [0.4, 0.5) is 0 Å². The summed E-state index contributed by atoms with van der Waals surface area (Å²) in [6.45, 7) is 4.46. The van der Waals surface area contributed by atoms with Gasteiger partial charge in [0.2, 0.25) is 0 Å². The average molecular weight is 734 g/mol. The first-order chi connectivity index (χ1) is 22.6. The van der Waals surface area contributed by atoms with Crippen LogP contribution in [0.5, 0.6) is 0 Å². The third-order valence-corrected chi connectivity index (χ3v) is 10.6. The first-order valence-corrected chi connectivity index (χ1v) is 23.9. The van der Waals surface area contributed by atoms with Crippen LogP contribution in [0.2, 0.25) is 0 Å². The summed E-state index contributed by atoms with van der Waals surface area (Å²) >= 11 is -2.06.